The lowest BCUT2D eigenvalue weighted by Crippen LogP contribution is -2.45. The van der Waals surface area contributed by atoms with Gasteiger partial charge in [-0.3, -0.25) is 4.79 Å². The van der Waals surface area contributed by atoms with E-state index >= 15 is 0 Å². The number of hydrogen-bond acceptors (Lipinski definition) is 3. The van der Waals surface area contributed by atoms with Gasteiger partial charge in [0.1, 0.15) is 11.6 Å². The molecule has 2 aromatic rings. The Morgan fingerprint density at radius 1 is 1.00 bits per heavy atom. The average molecular weight is 364 g/mol. The van der Waals surface area contributed by atoms with E-state index in [1.165, 1.54) is 24.8 Å². The van der Waals surface area contributed by atoms with E-state index in [9.17, 15) is 4.79 Å². The van der Waals surface area contributed by atoms with Crippen molar-refractivity contribution in [3.05, 3.63) is 47.5 Å². The number of amides is 1. The number of benzene rings is 1. The third-order valence-corrected chi connectivity index (χ3v) is 6.70. The van der Waals surface area contributed by atoms with Crippen molar-refractivity contribution in [1.82, 2.24) is 19.7 Å². The van der Waals surface area contributed by atoms with Gasteiger partial charge in [-0.25, -0.2) is 0 Å². The Bertz CT molecular complexity index is 824. The van der Waals surface area contributed by atoms with E-state index in [-0.39, 0.29) is 5.41 Å². The number of carbonyl (C=O) groups is 1. The zero-order chi connectivity index (χ0) is 18.3. The van der Waals surface area contributed by atoms with Gasteiger partial charge < -0.3 is 9.47 Å². The van der Waals surface area contributed by atoms with Gasteiger partial charge in [0.25, 0.3) is 0 Å². The number of carbonyl (C=O) groups excluding carboxylic acids is 1. The molecule has 1 saturated carbocycles. The molecule has 0 radical (unpaired) electrons. The first-order chi connectivity index (χ1) is 13.3. The van der Waals surface area contributed by atoms with Gasteiger partial charge in [-0.1, -0.05) is 36.8 Å². The minimum Gasteiger partial charge on any atom is -0.341 e. The summed E-state index contributed by atoms with van der Waals surface area (Å²) in [6.45, 7) is 2.71. The number of aryl methyl sites for hydroxylation is 1. The fourth-order valence-corrected chi connectivity index (χ4v) is 4.99. The molecule has 0 spiro atoms. The monoisotopic (exact) mass is 364 g/mol. The maximum Gasteiger partial charge on any atom is 0.233 e. The van der Waals surface area contributed by atoms with Gasteiger partial charge in [0, 0.05) is 32.0 Å². The van der Waals surface area contributed by atoms with Gasteiger partial charge in [0.15, 0.2) is 0 Å². The van der Waals surface area contributed by atoms with E-state index < -0.39 is 0 Å². The Labute approximate surface area is 160 Å². The number of fused-ring (bicyclic) bond motifs is 1. The maximum atomic E-state index is 13.4. The molecular weight excluding hydrogens is 336 g/mol. The quantitative estimate of drug-likeness (QED) is 0.838. The summed E-state index contributed by atoms with van der Waals surface area (Å²) in [6, 6.07) is 10.4. The fraction of sp³-hybridized carbons (Fsp3) is 0.591. The van der Waals surface area contributed by atoms with Gasteiger partial charge in [-0.15, -0.1) is 10.2 Å². The third kappa shape index (κ3) is 2.97. The highest BCUT2D eigenvalue weighted by atomic mass is 16.2. The summed E-state index contributed by atoms with van der Waals surface area (Å²) in [7, 11) is 0. The van der Waals surface area contributed by atoms with Gasteiger partial charge >= 0.3 is 0 Å². The zero-order valence-electron chi connectivity index (χ0n) is 15.9. The van der Waals surface area contributed by atoms with Crippen molar-refractivity contribution in [1.29, 1.82) is 0 Å². The summed E-state index contributed by atoms with van der Waals surface area (Å²) < 4.78 is 2.36. The number of nitrogens with zero attached hydrogens (tertiary/aromatic N) is 4. The molecule has 0 bridgehead atoms. The highest BCUT2D eigenvalue weighted by Crippen LogP contribution is 2.50. The molecule has 142 valence electrons. The Kier molecular flexibility index (Phi) is 4.25. The lowest BCUT2D eigenvalue weighted by Gasteiger charge is -2.35. The molecule has 5 rings (SSSR count). The van der Waals surface area contributed by atoms with Crippen LogP contribution in [0.5, 0.6) is 0 Å². The minimum atomic E-state index is -0.259. The molecule has 0 N–H and O–H groups in total. The van der Waals surface area contributed by atoms with Crippen LogP contribution in [0.15, 0.2) is 30.3 Å². The molecule has 3 heterocycles. The molecule has 27 heavy (non-hydrogen) atoms. The van der Waals surface area contributed by atoms with Crippen LogP contribution in [-0.4, -0.2) is 38.7 Å². The molecule has 2 aliphatic heterocycles. The molecule has 1 aromatic carbocycles. The SMILES string of the molecule is O=C(N1CCCC(c2nnc3n2CCCCC3)C1)C1(c2ccccc2)CC1. The second-order valence-electron chi connectivity index (χ2n) is 8.48. The average Bonchev–Trinajstić information content (AvgIpc) is 3.49. The van der Waals surface area contributed by atoms with Gasteiger partial charge in [-0.05, 0) is 44.1 Å². The van der Waals surface area contributed by atoms with Crippen molar-refractivity contribution in [2.45, 2.75) is 69.2 Å². The molecule has 1 amide bonds. The highest BCUT2D eigenvalue weighted by molar-refractivity contribution is 5.91. The Morgan fingerprint density at radius 2 is 1.85 bits per heavy atom. The molecule has 1 atom stereocenters. The number of likely N-dealkylation sites (tertiary alicyclic amines) is 1. The van der Waals surface area contributed by atoms with Crippen LogP contribution in [0.3, 0.4) is 0 Å². The second kappa shape index (κ2) is 6.77. The summed E-state index contributed by atoms with van der Waals surface area (Å²) in [5, 5.41) is 9.05. The van der Waals surface area contributed by atoms with E-state index in [0.717, 1.165) is 63.4 Å². The van der Waals surface area contributed by atoms with Gasteiger partial charge in [-0.2, -0.15) is 0 Å². The zero-order valence-corrected chi connectivity index (χ0v) is 15.9. The van der Waals surface area contributed by atoms with Gasteiger partial charge in [0.05, 0.1) is 5.41 Å². The van der Waals surface area contributed by atoms with Crippen LogP contribution in [0, 0.1) is 0 Å². The number of piperidine rings is 1. The Balaban J connectivity index is 1.36. The van der Waals surface area contributed by atoms with E-state index in [2.05, 4.69) is 31.8 Å². The largest absolute Gasteiger partial charge is 0.341 e. The lowest BCUT2D eigenvalue weighted by atomic mass is 9.91. The molecule has 2 fully saturated rings. The first-order valence-corrected chi connectivity index (χ1v) is 10.5. The van der Waals surface area contributed by atoms with Crippen molar-refractivity contribution < 1.29 is 4.79 Å². The summed E-state index contributed by atoms with van der Waals surface area (Å²) in [5.74, 6) is 2.92. The van der Waals surface area contributed by atoms with Crippen LogP contribution in [0.25, 0.3) is 0 Å². The van der Waals surface area contributed by atoms with E-state index in [0.29, 0.717) is 11.8 Å². The van der Waals surface area contributed by atoms with Crippen LogP contribution < -0.4 is 0 Å². The Hall–Kier alpha value is -2.17. The minimum absolute atomic E-state index is 0.259. The van der Waals surface area contributed by atoms with E-state index in [4.69, 9.17) is 0 Å². The first kappa shape index (κ1) is 17.0. The van der Waals surface area contributed by atoms with Crippen molar-refractivity contribution in [2.75, 3.05) is 13.1 Å². The number of aromatic nitrogens is 3. The van der Waals surface area contributed by atoms with Crippen LogP contribution in [-0.2, 0) is 23.2 Å². The maximum absolute atomic E-state index is 13.4. The van der Waals surface area contributed by atoms with Crippen molar-refractivity contribution in [2.24, 2.45) is 0 Å². The normalized spacial score (nSPS) is 24.1. The molecule has 1 unspecified atom stereocenters. The second-order valence-corrected chi connectivity index (χ2v) is 8.48. The fourth-order valence-electron chi connectivity index (χ4n) is 4.99. The molecule has 5 nitrogen and oxygen atoms in total. The van der Waals surface area contributed by atoms with Crippen LogP contribution >= 0.6 is 0 Å². The Morgan fingerprint density at radius 3 is 2.67 bits per heavy atom. The molecule has 1 aromatic heterocycles. The summed E-state index contributed by atoms with van der Waals surface area (Å²) in [5.41, 5.74) is 0.929. The van der Waals surface area contributed by atoms with Crippen molar-refractivity contribution >= 4 is 5.91 Å². The molecule has 1 saturated heterocycles. The van der Waals surface area contributed by atoms with Crippen molar-refractivity contribution in [3.63, 3.8) is 0 Å². The first-order valence-electron chi connectivity index (χ1n) is 10.5. The van der Waals surface area contributed by atoms with Crippen LogP contribution in [0.2, 0.25) is 0 Å². The van der Waals surface area contributed by atoms with Crippen LogP contribution in [0.1, 0.15) is 68.1 Å². The van der Waals surface area contributed by atoms with E-state index in [1.807, 2.05) is 18.2 Å². The molecule has 5 heteroatoms. The summed E-state index contributed by atoms with van der Waals surface area (Å²) in [6.07, 6.45) is 8.88. The lowest BCUT2D eigenvalue weighted by molar-refractivity contribution is -0.135. The topological polar surface area (TPSA) is 51.0 Å². The number of hydrogen-bond donors (Lipinski definition) is 0. The van der Waals surface area contributed by atoms with Crippen molar-refractivity contribution in [3.8, 4) is 0 Å². The predicted octanol–water partition coefficient (Wildman–Crippen LogP) is 3.44. The van der Waals surface area contributed by atoms with E-state index in [1.54, 1.807) is 0 Å². The third-order valence-electron chi connectivity index (χ3n) is 6.70. The molecular formula is C22H28N4O. The van der Waals surface area contributed by atoms with Crippen LogP contribution in [0.4, 0.5) is 0 Å². The predicted molar refractivity (Wildman–Crippen MR) is 103 cm³/mol. The molecule has 1 aliphatic carbocycles. The summed E-state index contributed by atoms with van der Waals surface area (Å²) >= 11 is 0. The smallest absolute Gasteiger partial charge is 0.233 e. The standard InChI is InChI=1S/C22H28N4O/c27-21(22(12-13-22)18-9-3-1-4-10-18)25-14-7-8-17(16-25)20-24-23-19-11-5-2-6-15-26(19)20/h1,3-4,9-10,17H,2,5-8,11-16H2. The summed E-state index contributed by atoms with van der Waals surface area (Å²) in [4.78, 5) is 15.5. The number of rotatable bonds is 3. The highest BCUT2D eigenvalue weighted by Gasteiger charge is 2.53. The molecule has 3 aliphatic rings. The van der Waals surface area contributed by atoms with Gasteiger partial charge in [0.2, 0.25) is 5.91 Å².